The molecule has 0 saturated heterocycles. The van der Waals surface area contributed by atoms with E-state index in [-0.39, 0.29) is 12.1 Å². The Morgan fingerprint density at radius 3 is 2.74 bits per heavy atom. The predicted octanol–water partition coefficient (Wildman–Crippen LogP) is 3.82. The molecule has 23 heavy (non-hydrogen) atoms. The molecule has 0 unspecified atom stereocenters. The van der Waals surface area contributed by atoms with Gasteiger partial charge in [0.25, 0.3) is 5.91 Å². The molecule has 1 aromatic heterocycles. The molecule has 0 saturated carbocycles. The van der Waals surface area contributed by atoms with Gasteiger partial charge in [0.1, 0.15) is 5.82 Å². The van der Waals surface area contributed by atoms with E-state index in [1.807, 2.05) is 4.57 Å². The third-order valence-corrected chi connectivity index (χ3v) is 4.91. The lowest BCUT2D eigenvalue weighted by Gasteiger charge is -2.28. The highest BCUT2D eigenvalue weighted by atomic mass is 127. The number of carbonyl (C=O) groups excluding carboxylic acids is 1. The van der Waals surface area contributed by atoms with Crippen LogP contribution in [0.1, 0.15) is 21.7 Å². The summed E-state index contributed by atoms with van der Waals surface area (Å²) in [6.07, 6.45) is -2.90. The lowest BCUT2D eigenvalue weighted by Crippen LogP contribution is -2.39. The van der Waals surface area contributed by atoms with Crippen molar-refractivity contribution in [2.24, 2.45) is 0 Å². The van der Waals surface area contributed by atoms with Gasteiger partial charge in [-0.3, -0.25) is 4.79 Å². The van der Waals surface area contributed by atoms with E-state index in [9.17, 15) is 18.0 Å². The third kappa shape index (κ3) is 3.06. The number of fused-ring (bicyclic) bond motifs is 1. The molecule has 2 heterocycles. The largest absolute Gasteiger partial charge is 0.417 e. The lowest BCUT2D eigenvalue weighted by atomic mass is 10.1. The Morgan fingerprint density at radius 2 is 2.04 bits per heavy atom. The number of halogens is 5. The number of benzene rings is 1. The van der Waals surface area contributed by atoms with Gasteiger partial charge in [-0.05, 0) is 34.7 Å². The number of imidazole rings is 1. The highest BCUT2D eigenvalue weighted by molar-refractivity contribution is 14.1. The first-order valence-corrected chi connectivity index (χ1v) is 8.09. The molecule has 0 radical (unpaired) electrons. The van der Waals surface area contributed by atoms with Gasteiger partial charge in [-0.1, -0.05) is 17.7 Å². The van der Waals surface area contributed by atoms with Crippen molar-refractivity contribution in [1.82, 2.24) is 14.5 Å². The van der Waals surface area contributed by atoms with Gasteiger partial charge < -0.3 is 9.47 Å². The fourth-order valence-corrected chi connectivity index (χ4v) is 3.46. The molecule has 1 aliphatic heterocycles. The van der Waals surface area contributed by atoms with Crippen molar-refractivity contribution in [1.29, 1.82) is 0 Å². The Morgan fingerprint density at radius 1 is 1.30 bits per heavy atom. The van der Waals surface area contributed by atoms with E-state index in [0.717, 1.165) is 9.77 Å². The predicted molar refractivity (Wildman–Crippen MR) is 86.1 cm³/mol. The molecule has 1 amide bonds. The Kier molecular flexibility index (Phi) is 4.30. The van der Waals surface area contributed by atoms with Crippen LogP contribution in [0.5, 0.6) is 0 Å². The fourth-order valence-electron chi connectivity index (χ4n) is 2.48. The summed E-state index contributed by atoms with van der Waals surface area (Å²) in [5, 5.41) is -0.562. The monoisotopic (exact) mass is 455 g/mol. The van der Waals surface area contributed by atoms with Gasteiger partial charge in [0, 0.05) is 13.1 Å². The van der Waals surface area contributed by atoms with Crippen LogP contribution < -0.4 is 0 Å². The number of carbonyl (C=O) groups is 1. The van der Waals surface area contributed by atoms with Crippen LogP contribution in [0.2, 0.25) is 5.02 Å². The second kappa shape index (κ2) is 5.97. The standard InChI is InChI=1S/C14H10ClF3IN3O/c15-12-8(2-1-3-9(12)14(16,17)18)13(23)21-4-5-22-10(19)6-20-11(22)7-21/h1-3,6H,4-5,7H2. The van der Waals surface area contributed by atoms with Gasteiger partial charge >= 0.3 is 6.18 Å². The van der Waals surface area contributed by atoms with E-state index in [0.29, 0.717) is 18.9 Å². The van der Waals surface area contributed by atoms with Crippen molar-refractivity contribution in [3.05, 3.63) is 50.1 Å². The van der Waals surface area contributed by atoms with Crippen molar-refractivity contribution in [3.63, 3.8) is 0 Å². The Hall–Kier alpha value is -1.29. The molecule has 0 spiro atoms. The number of aromatic nitrogens is 2. The Bertz CT molecular complexity index is 775. The number of alkyl halides is 3. The van der Waals surface area contributed by atoms with Crippen LogP contribution in [-0.2, 0) is 19.3 Å². The van der Waals surface area contributed by atoms with Crippen LogP contribution in [0.4, 0.5) is 13.2 Å². The summed E-state index contributed by atoms with van der Waals surface area (Å²) >= 11 is 7.97. The Balaban J connectivity index is 1.90. The lowest BCUT2D eigenvalue weighted by molar-refractivity contribution is -0.137. The highest BCUT2D eigenvalue weighted by Crippen LogP contribution is 2.36. The second-order valence-electron chi connectivity index (χ2n) is 5.04. The molecule has 0 atom stereocenters. The molecule has 0 fully saturated rings. The van der Waals surface area contributed by atoms with Crippen molar-refractivity contribution in [2.75, 3.05) is 6.54 Å². The molecule has 3 rings (SSSR count). The molecule has 1 aliphatic rings. The summed E-state index contributed by atoms with van der Waals surface area (Å²) in [6, 6.07) is 3.37. The Labute approximate surface area is 148 Å². The minimum Gasteiger partial charge on any atom is -0.329 e. The minimum atomic E-state index is -4.60. The molecular weight excluding hydrogens is 446 g/mol. The minimum absolute atomic E-state index is 0.142. The SMILES string of the molecule is O=C(c1cccc(C(F)(F)F)c1Cl)N1CCn2c(I)cnc2C1. The molecule has 1 aromatic carbocycles. The zero-order valence-electron chi connectivity index (χ0n) is 11.6. The number of amides is 1. The van der Waals surface area contributed by atoms with E-state index >= 15 is 0 Å². The van der Waals surface area contributed by atoms with Gasteiger partial charge in [-0.25, -0.2) is 4.98 Å². The summed E-state index contributed by atoms with van der Waals surface area (Å²) in [5.41, 5.74) is -1.14. The third-order valence-electron chi connectivity index (χ3n) is 3.64. The summed E-state index contributed by atoms with van der Waals surface area (Å²) in [7, 11) is 0. The maximum absolute atomic E-state index is 12.9. The quantitative estimate of drug-likeness (QED) is 0.614. The fraction of sp³-hybridized carbons (Fsp3) is 0.286. The average molecular weight is 456 g/mol. The number of hydrogen-bond donors (Lipinski definition) is 0. The topological polar surface area (TPSA) is 38.1 Å². The summed E-state index contributed by atoms with van der Waals surface area (Å²) in [4.78, 5) is 18.2. The van der Waals surface area contributed by atoms with Crippen LogP contribution in [-0.4, -0.2) is 26.9 Å². The number of hydrogen-bond acceptors (Lipinski definition) is 2. The molecule has 0 bridgehead atoms. The van der Waals surface area contributed by atoms with E-state index in [4.69, 9.17) is 11.6 Å². The van der Waals surface area contributed by atoms with Gasteiger partial charge in [0.2, 0.25) is 0 Å². The molecule has 0 N–H and O–H groups in total. The second-order valence-corrected chi connectivity index (χ2v) is 6.52. The zero-order chi connectivity index (χ0) is 16.8. The zero-order valence-corrected chi connectivity index (χ0v) is 14.5. The van der Waals surface area contributed by atoms with Crippen LogP contribution in [0.25, 0.3) is 0 Å². The van der Waals surface area contributed by atoms with Gasteiger partial charge in [-0.2, -0.15) is 13.2 Å². The van der Waals surface area contributed by atoms with E-state index in [2.05, 4.69) is 27.6 Å². The molecule has 2 aromatic rings. The summed E-state index contributed by atoms with van der Waals surface area (Å²) < 4.78 is 41.7. The van der Waals surface area contributed by atoms with Gasteiger partial charge in [0.05, 0.1) is 32.6 Å². The van der Waals surface area contributed by atoms with Gasteiger partial charge in [-0.15, -0.1) is 0 Å². The summed E-state index contributed by atoms with van der Waals surface area (Å²) in [6.45, 7) is 1.19. The van der Waals surface area contributed by atoms with E-state index < -0.39 is 22.7 Å². The van der Waals surface area contributed by atoms with Gasteiger partial charge in [0.15, 0.2) is 0 Å². The summed E-state index contributed by atoms with van der Waals surface area (Å²) in [5.74, 6) is 0.183. The average Bonchev–Trinajstić information content (AvgIpc) is 2.86. The van der Waals surface area contributed by atoms with Crippen molar-refractivity contribution in [3.8, 4) is 0 Å². The van der Waals surface area contributed by atoms with Crippen LogP contribution in [0.3, 0.4) is 0 Å². The van der Waals surface area contributed by atoms with E-state index in [1.165, 1.54) is 17.0 Å². The molecule has 4 nitrogen and oxygen atoms in total. The maximum atomic E-state index is 12.9. The first-order chi connectivity index (χ1) is 10.8. The van der Waals surface area contributed by atoms with Crippen molar-refractivity contribution in [2.45, 2.75) is 19.3 Å². The van der Waals surface area contributed by atoms with Crippen LogP contribution in [0.15, 0.2) is 24.4 Å². The van der Waals surface area contributed by atoms with Crippen molar-refractivity contribution < 1.29 is 18.0 Å². The van der Waals surface area contributed by atoms with Crippen LogP contribution >= 0.6 is 34.2 Å². The highest BCUT2D eigenvalue weighted by Gasteiger charge is 2.35. The molecule has 9 heteroatoms. The smallest absolute Gasteiger partial charge is 0.329 e. The first-order valence-electron chi connectivity index (χ1n) is 6.64. The number of rotatable bonds is 1. The number of nitrogens with zero attached hydrogens (tertiary/aromatic N) is 3. The van der Waals surface area contributed by atoms with E-state index in [1.54, 1.807) is 6.20 Å². The molecular formula is C14H10ClF3IN3O. The van der Waals surface area contributed by atoms with Crippen molar-refractivity contribution >= 4 is 40.1 Å². The first kappa shape index (κ1) is 16.6. The van der Waals surface area contributed by atoms with Crippen LogP contribution in [0, 0.1) is 3.70 Å². The molecule has 0 aliphatic carbocycles. The molecule has 122 valence electrons. The normalized spacial score (nSPS) is 14.7. The maximum Gasteiger partial charge on any atom is 0.417 e.